The summed E-state index contributed by atoms with van der Waals surface area (Å²) in [5, 5.41) is 5.89. The number of aryl methyl sites for hydroxylation is 2. The van der Waals surface area contributed by atoms with Gasteiger partial charge in [0.2, 0.25) is 0 Å². The first-order chi connectivity index (χ1) is 14.8. The Bertz CT molecular complexity index is 1170. The summed E-state index contributed by atoms with van der Waals surface area (Å²) in [5.74, 6) is 1.63. The molecule has 0 saturated heterocycles. The molecular weight excluding hydrogens is 374 g/mol. The van der Waals surface area contributed by atoms with Crippen molar-refractivity contribution in [2.45, 2.75) is 32.3 Å². The summed E-state index contributed by atoms with van der Waals surface area (Å²) >= 11 is 0. The van der Waals surface area contributed by atoms with Crippen molar-refractivity contribution in [1.82, 2.24) is 15.3 Å². The van der Waals surface area contributed by atoms with Crippen LogP contribution in [0.5, 0.6) is 11.5 Å². The largest absolute Gasteiger partial charge is 0.486 e. The van der Waals surface area contributed by atoms with Crippen LogP contribution in [0, 0.1) is 6.92 Å². The molecule has 0 bridgehead atoms. The van der Waals surface area contributed by atoms with E-state index in [1.54, 1.807) is 0 Å². The third-order valence-electron chi connectivity index (χ3n) is 5.73. The third kappa shape index (κ3) is 3.85. The molecule has 30 heavy (non-hydrogen) atoms. The van der Waals surface area contributed by atoms with E-state index < -0.39 is 0 Å². The number of nitrogens with zero attached hydrogens (tertiary/aromatic N) is 1. The van der Waals surface area contributed by atoms with Gasteiger partial charge in [-0.3, -0.25) is 4.98 Å². The van der Waals surface area contributed by atoms with Crippen LogP contribution in [0.4, 0.5) is 0 Å². The van der Waals surface area contributed by atoms with Gasteiger partial charge in [0.05, 0.1) is 5.52 Å². The number of unbranched alkanes of at least 4 members (excludes halogenated alkanes) is 1. The van der Waals surface area contributed by atoms with E-state index >= 15 is 0 Å². The lowest BCUT2D eigenvalue weighted by Crippen LogP contribution is -2.38. The summed E-state index contributed by atoms with van der Waals surface area (Å²) in [6.07, 6.45) is 5.55. The maximum Gasteiger partial charge on any atom is 0.171 e. The second kappa shape index (κ2) is 8.36. The molecule has 1 aliphatic rings. The number of hydrogen-bond donors (Lipinski definition) is 2. The third-order valence-corrected chi connectivity index (χ3v) is 5.73. The van der Waals surface area contributed by atoms with E-state index in [4.69, 9.17) is 9.47 Å². The van der Waals surface area contributed by atoms with Crippen LogP contribution in [0.2, 0.25) is 0 Å². The number of aromatic nitrogens is 2. The number of benzene rings is 2. The second-order valence-corrected chi connectivity index (χ2v) is 7.98. The summed E-state index contributed by atoms with van der Waals surface area (Å²) in [7, 11) is 0. The van der Waals surface area contributed by atoms with Crippen LogP contribution in [0.15, 0.2) is 54.7 Å². The van der Waals surface area contributed by atoms with Gasteiger partial charge in [0.1, 0.15) is 12.7 Å². The molecule has 0 saturated carbocycles. The quantitative estimate of drug-likeness (QED) is 0.438. The molecule has 5 heteroatoms. The maximum atomic E-state index is 6.27. The summed E-state index contributed by atoms with van der Waals surface area (Å²) in [5.41, 5.74) is 4.58. The first-order valence-electron chi connectivity index (χ1n) is 10.7. The predicted octanol–water partition coefficient (Wildman–Crippen LogP) is 4.78. The van der Waals surface area contributed by atoms with Gasteiger partial charge in [-0.1, -0.05) is 18.2 Å². The van der Waals surface area contributed by atoms with E-state index in [9.17, 15) is 0 Å². The highest BCUT2D eigenvalue weighted by Crippen LogP contribution is 2.38. The van der Waals surface area contributed by atoms with Crippen LogP contribution in [-0.2, 0) is 6.42 Å². The maximum absolute atomic E-state index is 6.27. The highest BCUT2D eigenvalue weighted by atomic mass is 16.6. The topological polar surface area (TPSA) is 59.2 Å². The molecule has 1 aliphatic heterocycles. The molecule has 0 radical (unpaired) electrons. The van der Waals surface area contributed by atoms with E-state index in [1.165, 1.54) is 16.5 Å². The van der Waals surface area contributed by atoms with Crippen LogP contribution < -0.4 is 14.8 Å². The number of aromatic amines is 1. The Kier molecular flexibility index (Phi) is 5.28. The van der Waals surface area contributed by atoms with Crippen molar-refractivity contribution < 1.29 is 9.47 Å². The molecular formula is C25H27N3O2. The molecule has 0 amide bonds. The fourth-order valence-electron chi connectivity index (χ4n) is 4.15. The molecule has 2 aromatic heterocycles. The minimum Gasteiger partial charge on any atom is -0.486 e. The van der Waals surface area contributed by atoms with Gasteiger partial charge < -0.3 is 19.8 Å². The lowest BCUT2D eigenvalue weighted by atomic mass is 10.1. The van der Waals surface area contributed by atoms with Crippen molar-refractivity contribution in [2.75, 3.05) is 19.7 Å². The van der Waals surface area contributed by atoms with Gasteiger partial charge in [-0.2, -0.15) is 0 Å². The molecule has 0 spiro atoms. The molecule has 4 aromatic rings. The standard InChI is InChI=1S/C25H27N3O2/c1-17-9-10-21-23(28-17)11-12-24-25(21)30-19(16-29-24)15-26-13-5-4-6-18-14-27-22-8-3-2-7-20(18)22/h2-3,7-12,14,19,26-27H,4-6,13,15-16H2,1H3. The minimum absolute atomic E-state index is 0.0121. The number of hydrogen-bond acceptors (Lipinski definition) is 4. The number of nitrogens with one attached hydrogen (secondary N) is 2. The van der Waals surface area contributed by atoms with Gasteiger partial charge in [-0.25, -0.2) is 0 Å². The van der Waals surface area contributed by atoms with Gasteiger partial charge in [0, 0.05) is 34.7 Å². The zero-order chi connectivity index (χ0) is 20.3. The average Bonchev–Trinajstić information content (AvgIpc) is 3.19. The Morgan fingerprint density at radius 2 is 2.00 bits per heavy atom. The van der Waals surface area contributed by atoms with Crippen molar-refractivity contribution in [2.24, 2.45) is 0 Å². The monoisotopic (exact) mass is 401 g/mol. The van der Waals surface area contributed by atoms with Crippen LogP contribution in [-0.4, -0.2) is 35.8 Å². The number of H-pyrrole nitrogens is 1. The number of fused-ring (bicyclic) bond motifs is 4. The molecule has 0 aliphatic carbocycles. The number of rotatable bonds is 7. The zero-order valence-corrected chi connectivity index (χ0v) is 17.3. The summed E-state index contributed by atoms with van der Waals surface area (Å²) in [6, 6.07) is 16.5. The van der Waals surface area contributed by atoms with Gasteiger partial charge in [-0.05, 0) is 68.6 Å². The summed E-state index contributed by atoms with van der Waals surface area (Å²) in [4.78, 5) is 7.95. The molecule has 2 aromatic carbocycles. The molecule has 3 heterocycles. The Morgan fingerprint density at radius 1 is 1.07 bits per heavy atom. The van der Waals surface area contributed by atoms with Crippen molar-refractivity contribution in [1.29, 1.82) is 0 Å². The molecule has 1 atom stereocenters. The Labute approximate surface area is 176 Å². The van der Waals surface area contributed by atoms with Crippen LogP contribution >= 0.6 is 0 Å². The average molecular weight is 402 g/mol. The Morgan fingerprint density at radius 3 is 2.97 bits per heavy atom. The first kappa shape index (κ1) is 18.9. The van der Waals surface area contributed by atoms with E-state index in [1.807, 2.05) is 25.1 Å². The Balaban J connectivity index is 1.10. The number of pyridine rings is 1. The molecule has 5 rings (SSSR count). The second-order valence-electron chi connectivity index (χ2n) is 7.98. The van der Waals surface area contributed by atoms with E-state index in [-0.39, 0.29) is 6.10 Å². The van der Waals surface area contributed by atoms with Crippen molar-refractivity contribution in [3.63, 3.8) is 0 Å². The molecule has 0 fully saturated rings. The molecule has 154 valence electrons. The molecule has 2 N–H and O–H groups in total. The lowest BCUT2D eigenvalue weighted by molar-refractivity contribution is 0.0925. The smallest absolute Gasteiger partial charge is 0.171 e. The normalized spacial score (nSPS) is 15.7. The first-order valence-corrected chi connectivity index (χ1v) is 10.7. The van der Waals surface area contributed by atoms with E-state index in [2.05, 4.69) is 51.8 Å². The summed E-state index contributed by atoms with van der Waals surface area (Å²) < 4.78 is 12.2. The SMILES string of the molecule is Cc1ccc2c3c(ccc2n1)OCC(CNCCCCc1c[nH]c2ccccc12)O3. The van der Waals surface area contributed by atoms with Gasteiger partial charge >= 0.3 is 0 Å². The van der Waals surface area contributed by atoms with E-state index in [0.29, 0.717) is 6.61 Å². The zero-order valence-electron chi connectivity index (χ0n) is 17.3. The Hall–Kier alpha value is -3.05. The molecule has 1 unspecified atom stereocenters. The van der Waals surface area contributed by atoms with Crippen molar-refractivity contribution in [3.05, 3.63) is 66.0 Å². The fraction of sp³-hybridized carbons (Fsp3) is 0.320. The van der Waals surface area contributed by atoms with Gasteiger partial charge in [0.25, 0.3) is 0 Å². The van der Waals surface area contributed by atoms with Gasteiger partial charge in [-0.15, -0.1) is 0 Å². The predicted molar refractivity (Wildman–Crippen MR) is 120 cm³/mol. The van der Waals surface area contributed by atoms with Crippen LogP contribution in [0.25, 0.3) is 21.8 Å². The van der Waals surface area contributed by atoms with Gasteiger partial charge in [0.15, 0.2) is 11.5 Å². The minimum atomic E-state index is 0.0121. The molecule has 5 nitrogen and oxygen atoms in total. The van der Waals surface area contributed by atoms with Crippen molar-refractivity contribution in [3.8, 4) is 11.5 Å². The fourth-order valence-corrected chi connectivity index (χ4v) is 4.15. The van der Waals surface area contributed by atoms with E-state index in [0.717, 1.165) is 60.4 Å². The number of ether oxygens (including phenoxy) is 2. The lowest BCUT2D eigenvalue weighted by Gasteiger charge is -2.27. The van der Waals surface area contributed by atoms with Crippen LogP contribution in [0.1, 0.15) is 24.1 Å². The number of para-hydroxylation sites is 1. The summed E-state index contributed by atoms with van der Waals surface area (Å²) in [6.45, 7) is 4.33. The highest BCUT2D eigenvalue weighted by Gasteiger charge is 2.23. The van der Waals surface area contributed by atoms with Crippen LogP contribution in [0.3, 0.4) is 0 Å². The highest BCUT2D eigenvalue weighted by molar-refractivity contribution is 5.88. The van der Waals surface area contributed by atoms with Crippen molar-refractivity contribution >= 4 is 21.8 Å².